The fraction of sp³-hybridized carbons (Fsp3) is 0.721. The lowest BCUT2D eigenvalue weighted by molar-refractivity contribution is -0.152. The van der Waals surface area contributed by atoms with Gasteiger partial charge in [0.2, 0.25) is 34.1 Å². The number of carbonyl (C=O) groups is 4. The molecule has 0 unspecified atom stereocenters. The van der Waals surface area contributed by atoms with Crippen LogP contribution in [0.1, 0.15) is 117 Å². The van der Waals surface area contributed by atoms with Crippen LogP contribution in [0.4, 0.5) is 8.78 Å². The lowest BCUT2D eigenvalue weighted by Crippen LogP contribution is -2.50. The van der Waals surface area contributed by atoms with Crippen LogP contribution in [-0.4, -0.2) is 90.9 Å². The minimum Gasteiger partial charge on any atom is -0.497 e. The first kappa shape index (κ1) is 44.6. The number of esters is 1. The summed E-state index contributed by atoms with van der Waals surface area (Å²) in [6.45, 7) is 8.58. The molecule has 2 amide bonds. The van der Waals surface area contributed by atoms with Gasteiger partial charge >= 0.3 is 5.97 Å². The Morgan fingerprint density at radius 2 is 1.75 bits per heavy atom. The van der Waals surface area contributed by atoms with Gasteiger partial charge < -0.3 is 19.1 Å². The number of sulfonamides is 1. The number of ether oxygens (including phenoxy) is 3. The number of ketones is 1. The summed E-state index contributed by atoms with van der Waals surface area (Å²) in [5.41, 5.74) is -0.983. The first-order chi connectivity index (χ1) is 27.8. The molecule has 16 heteroatoms. The highest BCUT2D eigenvalue weighted by molar-refractivity contribution is 7.91. The van der Waals surface area contributed by atoms with Crippen LogP contribution in [0.2, 0.25) is 0 Å². The number of nitrogens with one attached hydrogen (secondary N) is 1. The summed E-state index contributed by atoms with van der Waals surface area (Å²) in [4.78, 5) is 67.2. The Kier molecular flexibility index (Phi) is 13.0. The summed E-state index contributed by atoms with van der Waals surface area (Å²) in [5, 5.41) is 0. The summed E-state index contributed by atoms with van der Waals surface area (Å²) < 4.78 is 73.0. The molecule has 13 nitrogen and oxygen atoms in total. The molecule has 4 aliphatic rings. The second kappa shape index (κ2) is 17.2. The van der Waals surface area contributed by atoms with Crippen molar-refractivity contribution in [2.45, 2.75) is 141 Å². The Balaban J connectivity index is 1.35. The average molecular weight is 847 g/mol. The largest absolute Gasteiger partial charge is 0.497 e. The fourth-order valence-corrected chi connectivity index (χ4v) is 9.98. The topological polar surface area (TPSA) is 171 Å². The van der Waals surface area contributed by atoms with Crippen molar-refractivity contribution in [3.05, 3.63) is 23.9 Å². The number of rotatable bonds is 20. The Bertz CT molecular complexity index is 2030. The molecular formula is C43H60F2N4O9S. The molecule has 0 radical (unpaired) electrons. The van der Waals surface area contributed by atoms with Gasteiger partial charge in [-0.05, 0) is 68.9 Å². The van der Waals surface area contributed by atoms with E-state index in [0.29, 0.717) is 48.2 Å². The quantitative estimate of drug-likeness (QED) is 0.113. The summed E-state index contributed by atoms with van der Waals surface area (Å²) in [6, 6.07) is 4.11. The van der Waals surface area contributed by atoms with E-state index in [-0.39, 0.29) is 25.3 Å². The van der Waals surface area contributed by atoms with Crippen LogP contribution in [0.25, 0.3) is 11.0 Å². The Labute approximate surface area is 346 Å². The smallest absolute Gasteiger partial charge is 0.306 e. The molecule has 326 valence electrons. The number of fused-ring (bicyclic) bond motifs is 1. The fourth-order valence-electron chi connectivity index (χ4n) is 8.65. The van der Waals surface area contributed by atoms with Gasteiger partial charge in [0.05, 0.1) is 60.3 Å². The van der Waals surface area contributed by atoms with Gasteiger partial charge in [-0.15, -0.1) is 0 Å². The maximum absolute atomic E-state index is 14.8. The molecule has 2 heterocycles. The standard InChI is InChI=1S/C43H60F2N4O9S/c1-8-27-34(58-38-31(13-11-9-10-12-25-14-15-25)46-30-17-16-26(56-6)20-32(30)47-38)24-49(39(52)28(41(2,3)4)21-35(51)57-7)36(27)33(50)23-43(22-29(43)37(44)45)40(53)48-59(54,55)42(5)18-19-42/h16-17,20,25,27-29,34,36-37H,8-15,18-19,21-24H2,1-7H3,(H,48,53)/t27-,28-,29+,34+,36+,43-/m1/s1. The summed E-state index contributed by atoms with van der Waals surface area (Å²) in [7, 11) is -1.43. The van der Waals surface area contributed by atoms with Crippen molar-refractivity contribution in [1.82, 2.24) is 19.6 Å². The number of unbranched alkanes of at least 4 members (excludes halogenated alkanes) is 2. The third-order valence-corrected chi connectivity index (χ3v) is 15.4. The predicted octanol–water partition coefficient (Wildman–Crippen LogP) is 6.59. The second-order valence-electron chi connectivity index (χ2n) is 18.6. The van der Waals surface area contributed by atoms with Gasteiger partial charge in [-0.25, -0.2) is 27.2 Å². The molecule has 1 aromatic carbocycles. The number of alkyl halides is 2. The van der Waals surface area contributed by atoms with Crippen molar-refractivity contribution < 1.29 is 50.6 Å². The number of hydrogen-bond acceptors (Lipinski definition) is 11. The maximum atomic E-state index is 14.8. The van der Waals surface area contributed by atoms with Crippen molar-refractivity contribution in [2.75, 3.05) is 20.8 Å². The van der Waals surface area contributed by atoms with Gasteiger partial charge in [0.15, 0.2) is 5.78 Å². The molecule has 3 aliphatic carbocycles. The van der Waals surface area contributed by atoms with E-state index in [4.69, 9.17) is 24.2 Å². The van der Waals surface area contributed by atoms with Gasteiger partial charge in [-0.1, -0.05) is 59.8 Å². The number of methoxy groups -OCH3 is 2. The van der Waals surface area contributed by atoms with Crippen LogP contribution in [0, 0.1) is 34.5 Å². The zero-order valence-corrected chi connectivity index (χ0v) is 36.2. The van der Waals surface area contributed by atoms with Gasteiger partial charge in [0.25, 0.3) is 0 Å². The number of aryl methyl sites for hydroxylation is 1. The SMILES string of the molecule is CC[C@@H]1[C@@H](Oc2nc3cc(OC)ccc3nc2CCCCCC2CC2)CN(C(=O)[C@@H](CC(=O)OC)C(C)(C)C)[C@@H]1C(=O)C[C@]1(C(=O)NS(=O)(=O)C2(C)CC2)C[C@H]1C(F)F. The normalized spacial score (nSPS) is 25.4. The van der Waals surface area contributed by atoms with Crippen molar-refractivity contribution >= 4 is 44.6 Å². The summed E-state index contributed by atoms with van der Waals surface area (Å²) in [6.07, 6.45) is 3.06. The molecule has 1 aliphatic heterocycles. The summed E-state index contributed by atoms with van der Waals surface area (Å²) >= 11 is 0. The van der Waals surface area contributed by atoms with E-state index in [1.807, 2.05) is 17.7 Å². The second-order valence-corrected chi connectivity index (χ2v) is 20.8. The molecule has 1 saturated heterocycles. The number of nitrogens with zero attached hydrogens (tertiary/aromatic N) is 3. The zero-order chi connectivity index (χ0) is 43.1. The highest BCUT2D eigenvalue weighted by Gasteiger charge is 2.67. The number of Topliss-reactive ketones (excluding diaryl/α,β-unsaturated/α-hetero) is 1. The Morgan fingerprint density at radius 1 is 1.03 bits per heavy atom. The van der Waals surface area contributed by atoms with E-state index in [2.05, 4.69) is 0 Å². The lowest BCUT2D eigenvalue weighted by Gasteiger charge is -2.35. The predicted molar refractivity (Wildman–Crippen MR) is 215 cm³/mol. The van der Waals surface area contributed by atoms with E-state index < -0.39 is 91.9 Å². The van der Waals surface area contributed by atoms with Crippen LogP contribution < -0.4 is 14.2 Å². The van der Waals surface area contributed by atoms with Crippen molar-refractivity contribution in [3.63, 3.8) is 0 Å². The highest BCUT2D eigenvalue weighted by atomic mass is 32.2. The highest BCUT2D eigenvalue weighted by Crippen LogP contribution is 2.59. The van der Waals surface area contributed by atoms with Gasteiger partial charge in [-0.3, -0.25) is 23.9 Å². The number of benzene rings is 1. The van der Waals surface area contributed by atoms with Crippen molar-refractivity contribution in [1.29, 1.82) is 0 Å². The third kappa shape index (κ3) is 9.67. The average Bonchev–Trinajstić information content (AvgIpc) is 4.11. The van der Waals surface area contributed by atoms with E-state index >= 15 is 0 Å². The van der Waals surface area contributed by atoms with Gasteiger partial charge in [0.1, 0.15) is 17.5 Å². The molecule has 2 aromatic rings. The van der Waals surface area contributed by atoms with E-state index in [1.165, 1.54) is 38.2 Å². The molecule has 59 heavy (non-hydrogen) atoms. The van der Waals surface area contributed by atoms with E-state index in [1.54, 1.807) is 40.0 Å². The summed E-state index contributed by atoms with van der Waals surface area (Å²) in [5.74, 6) is -4.51. The molecule has 3 saturated carbocycles. The lowest BCUT2D eigenvalue weighted by atomic mass is 9.77. The van der Waals surface area contributed by atoms with Crippen molar-refractivity contribution in [3.8, 4) is 11.6 Å². The van der Waals surface area contributed by atoms with E-state index in [0.717, 1.165) is 25.2 Å². The van der Waals surface area contributed by atoms with Gasteiger partial charge in [0, 0.05) is 24.3 Å². The molecule has 4 fully saturated rings. The number of aromatic nitrogens is 2. The Morgan fingerprint density at radius 3 is 2.32 bits per heavy atom. The zero-order valence-electron chi connectivity index (χ0n) is 35.4. The van der Waals surface area contributed by atoms with Crippen LogP contribution in [0.5, 0.6) is 11.6 Å². The van der Waals surface area contributed by atoms with E-state index in [9.17, 15) is 36.4 Å². The molecule has 1 N–H and O–H groups in total. The van der Waals surface area contributed by atoms with Crippen LogP contribution in [0.3, 0.4) is 0 Å². The first-order valence-electron chi connectivity index (χ1n) is 21.0. The minimum absolute atomic E-state index is 0.107. The van der Waals surface area contributed by atoms with Crippen molar-refractivity contribution in [2.24, 2.45) is 34.5 Å². The monoisotopic (exact) mass is 846 g/mol. The molecule has 6 atom stereocenters. The number of carbonyl (C=O) groups excluding carboxylic acids is 4. The molecule has 6 rings (SSSR count). The van der Waals surface area contributed by atoms with Gasteiger partial charge in [-0.2, -0.15) is 0 Å². The first-order valence-corrected chi connectivity index (χ1v) is 22.5. The number of likely N-dealkylation sites (tertiary alicyclic amines) is 1. The third-order valence-electron chi connectivity index (χ3n) is 13.2. The molecular weight excluding hydrogens is 787 g/mol. The molecule has 1 aromatic heterocycles. The minimum atomic E-state index is -4.20. The molecule has 0 bridgehead atoms. The van der Waals surface area contributed by atoms with Crippen LogP contribution in [0.15, 0.2) is 18.2 Å². The number of amides is 2. The van der Waals surface area contributed by atoms with Crippen LogP contribution >= 0.6 is 0 Å². The molecule has 0 spiro atoms. The number of halogens is 2. The Hall–Kier alpha value is -3.95. The van der Waals surface area contributed by atoms with Crippen LogP contribution in [-0.2, 0) is 40.4 Å². The number of hydrogen-bond donors (Lipinski definition) is 1. The maximum Gasteiger partial charge on any atom is 0.306 e.